The molecule has 3 aromatic carbocycles. The van der Waals surface area contributed by atoms with Crippen molar-refractivity contribution in [2.45, 2.75) is 10.4 Å². The number of urea groups is 1. The predicted molar refractivity (Wildman–Crippen MR) is 117 cm³/mol. The summed E-state index contributed by atoms with van der Waals surface area (Å²) in [6.07, 6.45) is 0. The second-order valence-electron chi connectivity index (χ2n) is 7.39. The number of hydrogen-bond donors (Lipinski definition) is 0. The summed E-state index contributed by atoms with van der Waals surface area (Å²) in [6.45, 7) is 0.0913. The molecule has 2 aliphatic rings. The Kier molecular flexibility index (Phi) is 4.72. The zero-order valence-electron chi connectivity index (χ0n) is 16.6. The highest BCUT2D eigenvalue weighted by molar-refractivity contribution is 7.90. The average molecular weight is 469 g/mol. The second kappa shape index (κ2) is 7.36. The second-order valence-corrected chi connectivity index (χ2v) is 9.61. The van der Waals surface area contributed by atoms with Crippen molar-refractivity contribution in [1.29, 1.82) is 0 Å². The number of sulfonamides is 1. The topological polar surface area (TPSA) is 84.0 Å². The molecule has 3 amide bonds. The van der Waals surface area contributed by atoms with Crippen LogP contribution in [-0.4, -0.2) is 42.7 Å². The lowest BCUT2D eigenvalue weighted by atomic mass is 9.81. The summed E-state index contributed by atoms with van der Waals surface area (Å²) >= 11 is 6.27. The number of fused-ring (bicyclic) bond motifs is 3. The maximum atomic E-state index is 14.1. The molecule has 1 saturated heterocycles. The lowest BCUT2D eigenvalue weighted by molar-refractivity contribution is -0.128. The number of carbonyl (C=O) groups is 2. The van der Waals surface area contributed by atoms with E-state index in [4.69, 9.17) is 16.3 Å². The van der Waals surface area contributed by atoms with E-state index in [0.717, 1.165) is 0 Å². The summed E-state index contributed by atoms with van der Waals surface area (Å²) < 4.78 is 33.1. The normalized spacial score (nSPS) is 20.4. The summed E-state index contributed by atoms with van der Waals surface area (Å²) in [5.41, 5.74) is -0.979. The van der Waals surface area contributed by atoms with Crippen LogP contribution in [-0.2, 0) is 20.4 Å². The Balaban J connectivity index is 1.82. The van der Waals surface area contributed by atoms with Gasteiger partial charge in [-0.3, -0.25) is 9.69 Å². The molecule has 0 spiro atoms. The molecule has 3 aromatic rings. The largest absolute Gasteiger partial charge is 0.491 e. The van der Waals surface area contributed by atoms with Crippen molar-refractivity contribution in [1.82, 2.24) is 9.21 Å². The van der Waals surface area contributed by atoms with Crippen molar-refractivity contribution in [3.8, 4) is 5.75 Å². The van der Waals surface area contributed by atoms with Crippen LogP contribution in [0.1, 0.15) is 11.1 Å². The molecule has 9 heteroatoms. The Morgan fingerprint density at radius 2 is 1.56 bits per heavy atom. The number of amides is 3. The maximum Gasteiger partial charge on any atom is 0.342 e. The van der Waals surface area contributed by atoms with Crippen LogP contribution in [0.2, 0.25) is 5.02 Å². The number of nitrogens with zero attached hydrogens (tertiary/aromatic N) is 2. The van der Waals surface area contributed by atoms with Gasteiger partial charge in [0.25, 0.3) is 15.9 Å². The lowest BCUT2D eigenvalue weighted by Gasteiger charge is -2.34. The van der Waals surface area contributed by atoms with Gasteiger partial charge in [-0.15, -0.1) is 4.31 Å². The van der Waals surface area contributed by atoms with Crippen molar-refractivity contribution in [3.63, 3.8) is 0 Å². The fourth-order valence-corrected chi connectivity index (χ4v) is 5.85. The number of halogens is 1. The minimum Gasteiger partial charge on any atom is -0.491 e. The standard InChI is InChI=1S/C23H17ClN2O5S/c24-17-11-12-20-19(15-17)23(16-7-3-1-4-8-16)21(27)26(22(28)25(23)13-14-31-20)32(29,30)18-9-5-2-6-10-18/h1-12,15H,13-14H2. The van der Waals surface area contributed by atoms with E-state index >= 15 is 0 Å². The van der Waals surface area contributed by atoms with Crippen molar-refractivity contribution in [2.75, 3.05) is 13.2 Å². The van der Waals surface area contributed by atoms with Gasteiger partial charge in [0, 0.05) is 10.6 Å². The fourth-order valence-electron chi connectivity index (χ4n) is 4.31. The first-order valence-corrected chi connectivity index (χ1v) is 11.6. The van der Waals surface area contributed by atoms with E-state index in [1.54, 1.807) is 54.6 Å². The van der Waals surface area contributed by atoms with Gasteiger partial charge in [-0.25, -0.2) is 13.2 Å². The van der Waals surface area contributed by atoms with Crippen LogP contribution in [0.25, 0.3) is 0 Å². The molecule has 2 heterocycles. The molecule has 162 valence electrons. The summed E-state index contributed by atoms with van der Waals surface area (Å²) in [5.74, 6) is -0.535. The SMILES string of the molecule is O=C1N2CCOc3ccc(Cl)cc3C2(c2ccccc2)C(=O)N1S(=O)(=O)c1ccccc1. The van der Waals surface area contributed by atoms with Gasteiger partial charge >= 0.3 is 6.03 Å². The van der Waals surface area contributed by atoms with Crippen LogP contribution in [0.15, 0.2) is 83.8 Å². The third-order valence-corrected chi connectivity index (χ3v) is 7.59. The molecule has 0 radical (unpaired) electrons. The van der Waals surface area contributed by atoms with E-state index in [9.17, 15) is 18.0 Å². The molecule has 0 aliphatic carbocycles. The highest BCUT2D eigenvalue weighted by Crippen LogP contribution is 2.49. The van der Waals surface area contributed by atoms with Crippen LogP contribution in [0.5, 0.6) is 5.75 Å². The first-order chi connectivity index (χ1) is 15.4. The predicted octanol–water partition coefficient (Wildman–Crippen LogP) is 3.63. The molecule has 32 heavy (non-hydrogen) atoms. The molecule has 0 bridgehead atoms. The maximum absolute atomic E-state index is 14.1. The number of carbonyl (C=O) groups excluding carboxylic acids is 2. The van der Waals surface area contributed by atoms with Gasteiger partial charge < -0.3 is 4.74 Å². The molecule has 5 rings (SSSR count). The smallest absolute Gasteiger partial charge is 0.342 e. The quantitative estimate of drug-likeness (QED) is 0.548. The van der Waals surface area contributed by atoms with Gasteiger partial charge in [-0.2, -0.15) is 0 Å². The Morgan fingerprint density at radius 1 is 0.906 bits per heavy atom. The number of rotatable bonds is 3. The molecule has 1 atom stereocenters. The van der Waals surface area contributed by atoms with E-state index in [1.807, 2.05) is 0 Å². The van der Waals surface area contributed by atoms with Crippen LogP contribution in [0.3, 0.4) is 0 Å². The Hall–Kier alpha value is -3.36. The summed E-state index contributed by atoms with van der Waals surface area (Å²) in [4.78, 5) is 28.8. The molecule has 0 N–H and O–H groups in total. The lowest BCUT2D eigenvalue weighted by Crippen LogP contribution is -2.48. The van der Waals surface area contributed by atoms with Crippen LogP contribution >= 0.6 is 11.6 Å². The molecule has 2 aliphatic heterocycles. The summed E-state index contributed by atoms with van der Waals surface area (Å²) in [7, 11) is -4.45. The van der Waals surface area contributed by atoms with Gasteiger partial charge in [0.05, 0.1) is 11.4 Å². The zero-order valence-corrected chi connectivity index (χ0v) is 18.2. The van der Waals surface area contributed by atoms with E-state index in [0.29, 0.717) is 26.2 Å². The third-order valence-electron chi connectivity index (χ3n) is 5.68. The molecule has 7 nitrogen and oxygen atoms in total. The Morgan fingerprint density at radius 3 is 2.25 bits per heavy atom. The van der Waals surface area contributed by atoms with E-state index in [2.05, 4.69) is 0 Å². The fraction of sp³-hybridized carbons (Fsp3) is 0.130. The Bertz CT molecular complexity index is 1330. The molecular weight excluding hydrogens is 452 g/mol. The molecule has 1 unspecified atom stereocenters. The van der Waals surface area contributed by atoms with Crippen LogP contribution in [0, 0.1) is 0 Å². The van der Waals surface area contributed by atoms with E-state index in [-0.39, 0.29) is 18.0 Å². The van der Waals surface area contributed by atoms with Crippen LogP contribution < -0.4 is 4.74 Å². The summed E-state index contributed by atoms with van der Waals surface area (Å²) in [6, 6.07) is 19.9. The molecule has 0 aromatic heterocycles. The highest BCUT2D eigenvalue weighted by Gasteiger charge is 2.64. The molecule has 1 fully saturated rings. The van der Waals surface area contributed by atoms with E-state index < -0.39 is 27.5 Å². The number of benzene rings is 3. The van der Waals surface area contributed by atoms with Gasteiger partial charge in [0.2, 0.25) is 0 Å². The van der Waals surface area contributed by atoms with Gasteiger partial charge in [0.1, 0.15) is 12.4 Å². The first-order valence-electron chi connectivity index (χ1n) is 9.83. The van der Waals surface area contributed by atoms with Gasteiger partial charge in [0.15, 0.2) is 5.54 Å². The highest BCUT2D eigenvalue weighted by atomic mass is 35.5. The van der Waals surface area contributed by atoms with Crippen molar-refractivity contribution >= 4 is 33.6 Å². The van der Waals surface area contributed by atoms with Gasteiger partial charge in [-0.1, -0.05) is 60.1 Å². The minimum atomic E-state index is -4.45. The third kappa shape index (κ3) is 2.76. The minimum absolute atomic E-state index is 0.00652. The first kappa shape index (κ1) is 20.5. The Labute approximate surface area is 189 Å². The van der Waals surface area contributed by atoms with Crippen molar-refractivity contribution in [2.24, 2.45) is 0 Å². The van der Waals surface area contributed by atoms with E-state index in [1.165, 1.54) is 29.2 Å². The van der Waals surface area contributed by atoms with Crippen molar-refractivity contribution < 1.29 is 22.7 Å². The van der Waals surface area contributed by atoms with Crippen LogP contribution in [0.4, 0.5) is 4.79 Å². The monoisotopic (exact) mass is 468 g/mol. The number of ether oxygens (including phenoxy) is 1. The molecule has 0 saturated carbocycles. The molecular formula is C23H17ClN2O5S. The number of hydrogen-bond acceptors (Lipinski definition) is 5. The number of imide groups is 1. The average Bonchev–Trinajstić information content (AvgIpc) is 2.92. The van der Waals surface area contributed by atoms with Crippen molar-refractivity contribution in [3.05, 3.63) is 95.0 Å². The van der Waals surface area contributed by atoms with Gasteiger partial charge in [-0.05, 0) is 35.9 Å². The zero-order chi connectivity index (χ0) is 22.5. The summed E-state index contributed by atoms with van der Waals surface area (Å²) in [5, 5.41) is 0.328.